The van der Waals surface area contributed by atoms with Crippen molar-refractivity contribution >= 4 is 11.8 Å². The van der Waals surface area contributed by atoms with Crippen molar-refractivity contribution in [1.82, 2.24) is 20.1 Å². The molecular weight excluding hydrogens is 341 g/mol. The molecule has 2 heterocycles. The van der Waals surface area contributed by atoms with Crippen molar-refractivity contribution < 1.29 is 17.7 Å². The Bertz CT molecular complexity index is 823. The fraction of sp³-hybridized carbons (Fsp3) is 0.200. The molecule has 1 atom stereocenters. The molecule has 0 radical (unpaired) electrons. The van der Waals surface area contributed by atoms with Crippen molar-refractivity contribution in [3.05, 3.63) is 54.2 Å². The van der Waals surface area contributed by atoms with E-state index in [0.717, 1.165) is 29.6 Å². The molecule has 0 N–H and O–H groups in total. The molecule has 0 aliphatic carbocycles. The molecule has 0 aliphatic heterocycles. The van der Waals surface area contributed by atoms with Crippen LogP contribution in [0.1, 0.15) is 23.8 Å². The topological polar surface area (TPSA) is 64.7 Å². The maximum absolute atomic E-state index is 12.7. The zero-order chi connectivity index (χ0) is 17.2. The first-order valence-electron chi connectivity index (χ1n) is 6.89. The molecule has 1 aromatic carbocycles. The Hall–Kier alpha value is -2.42. The van der Waals surface area contributed by atoms with E-state index in [2.05, 4.69) is 20.1 Å². The predicted molar refractivity (Wildman–Crippen MR) is 81.0 cm³/mol. The minimum absolute atomic E-state index is 0.00298. The largest absolute Gasteiger partial charge is 0.433 e. The highest BCUT2D eigenvalue weighted by Gasteiger charge is 2.33. The monoisotopic (exact) mass is 352 g/mol. The molecule has 2 aromatic heterocycles. The number of aromatic nitrogens is 4. The van der Waals surface area contributed by atoms with Crippen LogP contribution in [0.3, 0.4) is 0 Å². The molecule has 0 saturated carbocycles. The van der Waals surface area contributed by atoms with Gasteiger partial charge in [-0.3, -0.25) is 0 Å². The number of thioether (sulfide) groups is 1. The summed E-state index contributed by atoms with van der Waals surface area (Å²) in [6, 6.07) is 10.1. The molecule has 9 heteroatoms. The Morgan fingerprint density at radius 3 is 2.54 bits per heavy atom. The molecule has 3 aromatic rings. The fourth-order valence-corrected chi connectivity index (χ4v) is 2.65. The van der Waals surface area contributed by atoms with E-state index in [0.29, 0.717) is 11.7 Å². The Labute approximate surface area is 139 Å². The molecular formula is C15H11F3N4OS. The fourth-order valence-electron chi connectivity index (χ4n) is 1.87. The number of hydrogen-bond acceptors (Lipinski definition) is 6. The molecule has 124 valence electrons. The highest BCUT2D eigenvalue weighted by molar-refractivity contribution is 7.99. The average molecular weight is 352 g/mol. The summed E-state index contributed by atoms with van der Waals surface area (Å²) in [4.78, 5) is 11.6. The number of halogens is 3. The van der Waals surface area contributed by atoms with Gasteiger partial charge in [0.15, 0.2) is 5.16 Å². The van der Waals surface area contributed by atoms with Crippen LogP contribution in [0, 0.1) is 0 Å². The Morgan fingerprint density at radius 2 is 1.83 bits per heavy atom. The summed E-state index contributed by atoms with van der Waals surface area (Å²) in [6.07, 6.45) is -3.43. The Morgan fingerprint density at radius 1 is 1.08 bits per heavy atom. The van der Waals surface area contributed by atoms with Crippen LogP contribution in [-0.2, 0) is 6.18 Å². The van der Waals surface area contributed by atoms with Crippen molar-refractivity contribution in [2.75, 3.05) is 0 Å². The van der Waals surface area contributed by atoms with Gasteiger partial charge in [-0.15, -0.1) is 0 Å². The van der Waals surface area contributed by atoms with Gasteiger partial charge in [0.05, 0.1) is 5.25 Å². The molecule has 0 fully saturated rings. The average Bonchev–Trinajstić information content (AvgIpc) is 3.05. The van der Waals surface area contributed by atoms with Crippen LogP contribution in [0.2, 0.25) is 0 Å². The van der Waals surface area contributed by atoms with Gasteiger partial charge in [-0.25, -0.2) is 9.97 Å². The zero-order valence-electron chi connectivity index (χ0n) is 12.4. The van der Waals surface area contributed by atoms with Crippen molar-refractivity contribution in [1.29, 1.82) is 0 Å². The quantitative estimate of drug-likeness (QED) is 0.512. The van der Waals surface area contributed by atoms with Crippen molar-refractivity contribution in [3.8, 4) is 11.4 Å². The van der Waals surface area contributed by atoms with Crippen LogP contribution < -0.4 is 0 Å². The third kappa shape index (κ3) is 3.73. The lowest BCUT2D eigenvalue weighted by Crippen LogP contribution is -2.09. The lowest BCUT2D eigenvalue weighted by Gasteiger charge is -2.08. The summed E-state index contributed by atoms with van der Waals surface area (Å²) in [5.74, 6) is 0.711. The zero-order valence-corrected chi connectivity index (χ0v) is 13.2. The first-order chi connectivity index (χ1) is 11.4. The van der Waals surface area contributed by atoms with Gasteiger partial charge in [-0.2, -0.15) is 18.2 Å². The first kappa shape index (κ1) is 16.4. The van der Waals surface area contributed by atoms with E-state index >= 15 is 0 Å². The van der Waals surface area contributed by atoms with E-state index in [-0.39, 0.29) is 5.16 Å². The Kier molecular flexibility index (Phi) is 4.52. The third-order valence-corrected chi connectivity index (χ3v) is 3.99. The summed E-state index contributed by atoms with van der Waals surface area (Å²) >= 11 is 1.02. The molecule has 3 rings (SSSR count). The molecule has 24 heavy (non-hydrogen) atoms. The van der Waals surface area contributed by atoms with E-state index < -0.39 is 17.1 Å². The molecule has 1 unspecified atom stereocenters. The SMILES string of the molecule is CC(Sc1nccc(C(F)(F)F)n1)c1nc(-c2ccccc2)no1. The van der Waals surface area contributed by atoms with E-state index in [1.807, 2.05) is 30.3 Å². The summed E-state index contributed by atoms with van der Waals surface area (Å²) in [7, 11) is 0. The van der Waals surface area contributed by atoms with Crippen molar-refractivity contribution in [2.24, 2.45) is 0 Å². The second-order valence-corrected chi connectivity index (χ2v) is 6.11. The highest BCUT2D eigenvalue weighted by atomic mass is 32.2. The van der Waals surface area contributed by atoms with Crippen molar-refractivity contribution in [3.63, 3.8) is 0 Å². The van der Waals surface area contributed by atoms with Gasteiger partial charge in [0, 0.05) is 11.8 Å². The second kappa shape index (κ2) is 6.60. The minimum atomic E-state index is -4.51. The van der Waals surface area contributed by atoms with Crippen LogP contribution in [0.4, 0.5) is 13.2 Å². The van der Waals surface area contributed by atoms with Crippen LogP contribution in [0.5, 0.6) is 0 Å². The predicted octanol–water partition coefficient (Wildman–Crippen LogP) is 4.40. The maximum Gasteiger partial charge on any atom is 0.433 e. The van der Waals surface area contributed by atoms with Gasteiger partial charge in [0.25, 0.3) is 0 Å². The number of hydrogen-bond donors (Lipinski definition) is 0. The van der Waals surface area contributed by atoms with Crippen LogP contribution in [0.15, 0.2) is 52.3 Å². The lowest BCUT2D eigenvalue weighted by atomic mass is 10.2. The van der Waals surface area contributed by atoms with Gasteiger partial charge in [-0.05, 0) is 13.0 Å². The van der Waals surface area contributed by atoms with E-state index in [4.69, 9.17) is 4.52 Å². The molecule has 5 nitrogen and oxygen atoms in total. The number of benzene rings is 1. The van der Waals surface area contributed by atoms with Crippen molar-refractivity contribution in [2.45, 2.75) is 23.5 Å². The van der Waals surface area contributed by atoms with Gasteiger partial charge in [-0.1, -0.05) is 47.3 Å². The third-order valence-electron chi connectivity index (χ3n) is 3.03. The van der Waals surface area contributed by atoms with E-state index in [1.54, 1.807) is 6.92 Å². The molecule has 0 spiro atoms. The van der Waals surface area contributed by atoms with E-state index in [1.165, 1.54) is 0 Å². The molecule has 0 amide bonds. The smallest absolute Gasteiger partial charge is 0.338 e. The molecule has 0 aliphatic rings. The van der Waals surface area contributed by atoms with Gasteiger partial charge in [0.1, 0.15) is 5.69 Å². The number of nitrogens with zero attached hydrogens (tertiary/aromatic N) is 4. The van der Waals surface area contributed by atoms with Crippen LogP contribution in [0.25, 0.3) is 11.4 Å². The summed E-state index contributed by atoms with van der Waals surface area (Å²) < 4.78 is 43.2. The number of alkyl halides is 3. The van der Waals surface area contributed by atoms with Gasteiger partial charge in [0.2, 0.25) is 11.7 Å². The van der Waals surface area contributed by atoms with Gasteiger partial charge >= 0.3 is 6.18 Å². The standard InChI is InChI=1S/C15H11F3N4OS/c1-9(24-14-19-8-7-11(20-14)15(16,17)18)13-21-12(22-23-13)10-5-3-2-4-6-10/h2-9H,1H3. The number of rotatable bonds is 4. The van der Waals surface area contributed by atoms with Crippen LogP contribution >= 0.6 is 11.8 Å². The molecule has 0 saturated heterocycles. The van der Waals surface area contributed by atoms with Crippen LogP contribution in [-0.4, -0.2) is 20.1 Å². The van der Waals surface area contributed by atoms with E-state index in [9.17, 15) is 13.2 Å². The maximum atomic E-state index is 12.7. The van der Waals surface area contributed by atoms with Gasteiger partial charge < -0.3 is 4.52 Å². The summed E-state index contributed by atoms with van der Waals surface area (Å²) in [5, 5.41) is 3.49. The highest BCUT2D eigenvalue weighted by Crippen LogP contribution is 2.34. The lowest BCUT2D eigenvalue weighted by molar-refractivity contribution is -0.141. The summed E-state index contributed by atoms with van der Waals surface area (Å²) in [6.45, 7) is 1.73. The second-order valence-electron chi connectivity index (χ2n) is 4.80. The first-order valence-corrected chi connectivity index (χ1v) is 7.77. The normalized spacial score (nSPS) is 13.0. The molecule has 0 bridgehead atoms. The minimum Gasteiger partial charge on any atom is -0.338 e. The Balaban J connectivity index is 1.76. The summed E-state index contributed by atoms with van der Waals surface area (Å²) in [5.41, 5.74) is -0.192.